The molecule has 0 unspecified atom stereocenters. The van der Waals surface area contributed by atoms with E-state index in [1.807, 2.05) is 0 Å². The summed E-state index contributed by atoms with van der Waals surface area (Å²) in [4.78, 5) is 3.64. The minimum absolute atomic E-state index is 0.173. The van der Waals surface area contributed by atoms with Gasteiger partial charge in [-0.15, -0.1) is 0 Å². The molecule has 0 spiro atoms. The first-order valence-corrected chi connectivity index (χ1v) is 3.46. The number of halogens is 1. The molecule has 0 aliphatic carbocycles. The van der Waals surface area contributed by atoms with E-state index in [9.17, 15) is 4.39 Å². The van der Waals surface area contributed by atoms with Crippen molar-refractivity contribution >= 4 is 0 Å². The summed E-state index contributed by atoms with van der Waals surface area (Å²) in [7, 11) is 0. The molecule has 0 fully saturated rings. The van der Waals surface area contributed by atoms with Gasteiger partial charge in [-0.25, -0.2) is 4.39 Å². The molecule has 0 radical (unpaired) electrons. The van der Waals surface area contributed by atoms with Crippen LogP contribution in [-0.2, 0) is 0 Å². The molecule has 0 aliphatic rings. The van der Waals surface area contributed by atoms with Gasteiger partial charge in [-0.05, 0) is 36.3 Å². The normalized spacial score (nSPS) is 17.5. The van der Waals surface area contributed by atoms with E-state index in [-0.39, 0.29) is 11.3 Å². The third-order valence-corrected chi connectivity index (χ3v) is 1.37. The number of aromatic nitrogens is 1. The Kier molecular flexibility index (Phi) is 0.830. The zero-order valence-corrected chi connectivity index (χ0v) is 6.40. The van der Waals surface area contributed by atoms with Gasteiger partial charge in [0, 0.05) is 11.7 Å². The van der Waals surface area contributed by atoms with Crippen molar-refractivity contribution in [2.75, 3.05) is 0 Å². The first kappa shape index (κ1) is 3.22. The first-order chi connectivity index (χ1) is 9.25. The first-order valence-electron chi connectivity index (χ1n) is 6.96. The Morgan fingerprint density at radius 1 is 1.15 bits per heavy atom. The molecule has 0 bridgehead atoms. The summed E-state index contributed by atoms with van der Waals surface area (Å²) in [6.07, 6.45) is -0.553. The monoisotopic (exact) mass is 180 g/mol. The average Bonchev–Trinajstić information content (AvgIpc) is 2.42. The van der Waals surface area contributed by atoms with Crippen LogP contribution >= 0.6 is 0 Å². The Morgan fingerprint density at radius 2 is 2.08 bits per heavy atom. The number of benzene rings is 1. The van der Waals surface area contributed by atoms with Crippen LogP contribution in [0.5, 0.6) is 0 Å². The summed E-state index contributed by atoms with van der Waals surface area (Å²) in [5.41, 5.74) is -0.448. The van der Waals surface area contributed by atoms with Gasteiger partial charge in [0.15, 0.2) is 0 Å². The van der Waals surface area contributed by atoms with Crippen molar-refractivity contribution in [1.82, 2.24) is 4.98 Å². The largest absolute Gasteiger partial charge is 0.256 e. The Bertz CT molecular complexity index is 655. The van der Waals surface area contributed by atoms with E-state index in [2.05, 4.69) is 4.98 Å². The molecule has 1 heterocycles. The second-order valence-electron chi connectivity index (χ2n) is 2.21. The number of rotatable bonds is 1. The summed E-state index contributed by atoms with van der Waals surface area (Å²) < 4.78 is 65.8. The van der Waals surface area contributed by atoms with Gasteiger partial charge in [-0.3, -0.25) is 4.98 Å². The molecule has 0 atom stereocenters. The fourth-order valence-electron chi connectivity index (χ4n) is 0.815. The predicted octanol–water partition coefficient (Wildman–Crippen LogP) is 2.89. The molecular weight excluding hydrogens is 165 g/mol. The summed E-state index contributed by atoms with van der Waals surface area (Å²) in [6.45, 7) is 0. The van der Waals surface area contributed by atoms with Gasteiger partial charge >= 0.3 is 0 Å². The van der Waals surface area contributed by atoms with Gasteiger partial charge in [0.05, 0.1) is 15.3 Å². The predicted molar refractivity (Wildman–Crippen MR) is 49.6 cm³/mol. The summed E-state index contributed by atoms with van der Waals surface area (Å²) >= 11 is 0. The summed E-state index contributed by atoms with van der Waals surface area (Å²) in [6, 6.07) is -2.64. The third-order valence-electron chi connectivity index (χ3n) is 1.37. The van der Waals surface area contributed by atoms with Gasteiger partial charge in [0.2, 0.25) is 0 Å². The van der Waals surface area contributed by atoms with Crippen LogP contribution in [0.2, 0.25) is 0 Å². The van der Waals surface area contributed by atoms with E-state index in [1.54, 1.807) is 0 Å². The average molecular weight is 180 g/mol. The molecule has 2 aromatic rings. The molecule has 0 saturated heterocycles. The molecule has 1 aromatic heterocycles. The van der Waals surface area contributed by atoms with Crippen molar-refractivity contribution in [3.05, 3.63) is 54.3 Å². The Hall–Kier alpha value is -1.70. The SMILES string of the molecule is [2H]c1cc(-c2nc([2H])c([2H])c([2H])c2[2H])c([2H])c([2H])c1F. The van der Waals surface area contributed by atoms with Crippen LogP contribution in [0.1, 0.15) is 9.60 Å². The molecule has 1 aromatic carbocycles. The van der Waals surface area contributed by atoms with E-state index in [0.717, 1.165) is 6.07 Å². The smallest absolute Gasteiger partial charge is 0.123 e. The highest BCUT2D eigenvalue weighted by atomic mass is 19.1. The maximum absolute atomic E-state index is 13.3. The maximum Gasteiger partial charge on any atom is 0.123 e. The molecule has 64 valence electrons. The lowest BCUT2D eigenvalue weighted by Crippen LogP contribution is -1.81. The maximum atomic E-state index is 13.3. The number of hydrogen-bond acceptors (Lipinski definition) is 1. The zero-order valence-electron chi connectivity index (χ0n) is 13.4. The highest BCUT2D eigenvalue weighted by Gasteiger charge is 1.96. The lowest BCUT2D eigenvalue weighted by molar-refractivity contribution is 0.628. The molecule has 0 aliphatic heterocycles. The minimum atomic E-state index is -1.15. The molecule has 1 nitrogen and oxygen atoms in total. The van der Waals surface area contributed by atoms with Crippen molar-refractivity contribution in [1.29, 1.82) is 0 Å². The van der Waals surface area contributed by atoms with E-state index in [1.165, 1.54) is 0 Å². The van der Waals surface area contributed by atoms with E-state index in [4.69, 9.17) is 9.60 Å². The number of hydrogen-bond donors (Lipinski definition) is 0. The van der Waals surface area contributed by atoms with Gasteiger partial charge in [0.25, 0.3) is 0 Å². The van der Waals surface area contributed by atoms with Gasteiger partial charge in [0.1, 0.15) is 5.82 Å². The van der Waals surface area contributed by atoms with Crippen LogP contribution in [0, 0.1) is 5.82 Å². The van der Waals surface area contributed by atoms with Crippen molar-refractivity contribution in [2.24, 2.45) is 0 Å². The highest BCUT2D eigenvalue weighted by Crippen LogP contribution is 2.15. The molecule has 0 N–H and O–H groups in total. The zero-order chi connectivity index (χ0) is 15.2. The quantitative estimate of drug-likeness (QED) is 0.657. The molecule has 2 rings (SSSR count). The van der Waals surface area contributed by atoms with Gasteiger partial charge in [-0.1, -0.05) is 6.04 Å². The van der Waals surface area contributed by atoms with E-state index < -0.39 is 48.2 Å². The second-order valence-corrected chi connectivity index (χ2v) is 2.21. The van der Waals surface area contributed by atoms with Crippen LogP contribution in [0.4, 0.5) is 4.39 Å². The van der Waals surface area contributed by atoms with Crippen LogP contribution in [0.15, 0.2) is 48.5 Å². The molecule has 13 heavy (non-hydrogen) atoms. The lowest BCUT2D eigenvalue weighted by atomic mass is 10.1. The minimum Gasteiger partial charge on any atom is -0.256 e. The van der Waals surface area contributed by atoms with Crippen molar-refractivity contribution in [3.8, 4) is 11.3 Å². The molecule has 0 saturated carbocycles. The third kappa shape index (κ3) is 1.72. The highest BCUT2D eigenvalue weighted by molar-refractivity contribution is 5.58. The number of pyridine rings is 1. The number of nitrogens with zero attached hydrogens (tertiary/aromatic N) is 1. The molecule has 0 amide bonds. The van der Waals surface area contributed by atoms with Gasteiger partial charge < -0.3 is 0 Å². The van der Waals surface area contributed by atoms with E-state index >= 15 is 0 Å². The van der Waals surface area contributed by atoms with Crippen LogP contribution in [-0.4, -0.2) is 4.98 Å². The van der Waals surface area contributed by atoms with Crippen LogP contribution < -0.4 is 0 Å². The summed E-state index contributed by atoms with van der Waals surface area (Å²) in [5, 5.41) is 0. The van der Waals surface area contributed by atoms with Crippen LogP contribution in [0.3, 0.4) is 0 Å². The Labute approximate surface area is 85.7 Å². The topological polar surface area (TPSA) is 12.9 Å². The summed E-state index contributed by atoms with van der Waals surface area (Å²) in [5.74, 6) is -1.15. The second kappa shape index (κ2) is 3.35. The standard InChI is InChI=1S/C11H8FN/c12-10-6-4-9(5-7-10)11-3-1-2-8-13-11/h1-8H/i1D,2D,3D,4D,6D,7D,8D. The van der Waals surface area contributed by atoms with Gasteiger partial charge in [-0.2, -0.15) is 0 Å². The molecule has 2 heteroatoms. The fourth-order valence-corrected chi connectivity index (χ4v) is 0.815. The van der Waals surface area contributed by atoms with Crippen LogP contribution in [0.25, 0.3) is 11.3 Å². The molecular formula is C11H8FN. The van der Waals surface area contributed by atoms with Crippen molar-refractivity contribution in [3.63, 3.8) is 0 Å². The van der Waals surface area contributed by atoms with Crippen molar-refractivity contribution < 1.29 is 14.0 Å². The Balaban J connectivity index is 2.83. The fraction of sp³-hybridized carbons (Fsp3) is 0. The van der Waals surface area contributed by atoms with Crippen molar-refractivity contribution in [2.45, 2.75) is 0 Å². The Morgan fingerprint density at radius 3 is 3.00 bits per heavy atom. The van der Waals surface area contributed by atoms with E-state index in [0.29, 0.717) is 0 Å². The lowest BCUT2D eigenvalue weighted by Gasteiger charge is -1.98.